The van der Waals surface area contributed by atoms with E-state index < -0.39 is 0 Å². The molecule has 34 heavy (non-hydrogen) atoms. The van der Waals surface area contributed by atoms with Crippen molar-refractivity contribution in [3.8, 4) is 5.75 Å². The molecular formula is C25H27FN4O3S. The number of thiophene rings is 1. The second kappa shape index (κ2) is 8.48. The third-order valence-electron chi connectivity index (χ3n) is 6.91. The summed E-state index contributed by atoms with van der Waals surface area (Å²) in [5, 5.41) is 4.19. The maximum atomic E-state index is 15.2. The Morgan fingerprint density at radius 2 is 2.09 bits per heavy atom. The molecule has 5 heterocycles. The third-order valence-corrected chi connectivity index (χ3v) is 8.07. The Kier molecular flexibility index (Phi) is 5.43. The zero-order chi connectivity index (χ0) is 23.4. The molecule has 2 aromatic heterocycles. The summed E-state index contributed by atoms with van der Waals surface area (Å²) >= 11 is 1.33. The standard InChI is InChI=1S/C25H27FN4O3S/c1-13-2-3-18-23(27)24(34-25(18)29-13)21(31)5-14-4-19-20(26)6-15(7-22(19)32-12-14)30-10-16-8-28-9-17(11-30)33-16/h2-3,6-7,14,16-17,28H,4-5,8-12,27H2,1H3/t14-,16?,17?/m0/s1. The van der Waals surface area contributed by atoms with E-state index in [9.17, 15) is 4.79 Å². The molecule has 178 valence electrons. The Morgan fingerprint density at radius 3 is 2.88 bits per heavy atom. The first-order valence-corrected chi connectivity index (χ1v) is 12.5. The van der Waals surface area contributed by atoms with Crippen molar-refractivity contribution in [2.45, 2.75) is 32.0 Å². The van der Waals surface area contributed by atoms with E-state index in [1.165, 1.54) is 11.3 Å². The van der Waals surface area contributed by atoms with Crippen molar-refractivity contribution in [1.82, 2.24) is 10.3 Å². The van der Waals surface area contributed by atoms with E-state index in [1.807, 2.05) is 25.1 Å². The minimum absolute atomic E-state index is 0.0410. The number of carbonyl (C=O) groups excluding carboxylic acids is 1. The lowest BCUT2D eigenvalue weighted by atomic mass is 9.91. The van der Waals surface area contributed by atoms with Gasteiger partial charge in [-0.15, -0.1) is 11.3 Å². The van der Waals surface area contributed by atoms with Crippen LogP contribution in [-0.4, -0.2) is 55.8 Å². The van der Waals surface area contributed by atoms with E-state index in [0.717, 1.165) is 47.8 Å². The molecule has 3 N–H and O–H groups in total. The highest BCUT2D eigenvalue weighted by Gasteiger charge is 2.33. The lowest BCUT2D eigenvalue weighted by molar-refractivity contribution is -0.0484. The first-order chi connectivity index (χ1) is 16.4. The molecule has 7 nitrogen and oxygen atoms in total. The predicted molar refractivity (Wildman–Crippen MR) is 131 cm³/mol. The topological polar surface area (TPSA) is 89.7 Å². The second-order valence-corrected chi connectivity index (χ2v) is 10.5. The summed E-state index contributed by atoms with van der Waals surface area (Å²) in [4.78, 5) is 21.0. The summed E-state index contributed by atoms with van der Waals surface area (Å²) in [6.07, 6.45) is 0.955. The van der Waals surface area contributed by atoms with E-state index in [2.05, 4.69) is 15.2 Å². The number of morpholine rings is 2. The lowest BCUT2D eigenvalue weighted by Crippen LogP contribution is -2.58. The zero-order valence-electron chi connectivity index (χ0n) is 19.0. The third kappa shape index (κ3) is 3.91. The van der Waals surface area contributed by atoms with Gasteiger partial charge in [-0.25, -0.2) is 9.37 Å². The van der Waals surface area contributed by atoms with E-state index in [4.69, 9.17) is 15.2 Å². The zero-order valence-corrected chi connectivity index (χ0v) is 19.8. The van der Waals surface area contributed by atoms with Crippen LogP contribution in [0, 0.1) is 18.7 Å². The van der Waals surface area contributed by atoms with Crippen LogP contribution in [0.4, 0.5) is 15.8 Å². The van der Waals surface area contributed by atoms with Crippen LogP contribution in [-0.2, 0) is 11.2 Å². The number of nitrogens with zero attached hydrogens (tertiary/aromatic N) is 2. The van der Waals surface area contributed by atoms with Crippen molar-refractivity contribution in [2.75, 3.05) is 43.4 Å². The Morgan fingerprint density at radius 1 is 1.29 bits per heavy atom. The Balaban J connectivity index is 1.18. The monoisotopic (exact) mass is 482 g/mol. The van der Waals surface area contributed by atoms with Crippen LogP contribution in [0.1, 0.15) is 27.3 Å². The molecule has 3 atom stereocenters. The van der Waals surface area contributed by atoms with Gasteiger partial charge in [0.15, 0.2) is 5.78 Å². The maximum absolute atomic E-state index is 15.2. The van der Waals surface area contributed by atoms with Crippen LogP contribution >= 0.6 is 11.3 Å². The number of benzene rings is 1. The van der Waals surface area contributed by atoms with Crippen molar-refractivity contribution in [3.05, 3.63) is 46.2 Å². The van der Waals surface area contributed by atoms with Gasteiger partial charge in [0.2, 0.25) is 0 Å². The molecule has 0 radical (unpaired) electrons. The summed E-state index contributed by atoms with van der Waals surface area (Å²) in [6.45, 7) is 5.37. The molecule has 2 unspecified atom stereocenters. The van der Waals surface area contributed by atoms with E-state index in [-0.39, 0.29) is 36.1 Å². The molecule has 2 bridgehead atoms. The number of fused-ring (bicyclic) bond motifs is 4. The van der Waals surface area contributed by atoms with Gasteiger partial charge in [0, 0.05) is 66.9 Å². The van der Waals surface area contributed by atoms with Crippen LogP contribution in [0.15, 0.2) is 24.3 Å². The number of Topliss-reactive ketones (excluding diaryl/α,β-unsaturated/α-hetero) is 1. The smallest absolute Gasteiger partial charge is 0.175 e. The Bertz CT molecular complexity index is 1270. The molecule has 2 fully saturated rings. The van der Waals surface area contributed by atoms with Crippen LogP contribution in [0.3, 0.4) is 0 Å². The van der Waals surface area contributed by atoms with Crippen molar-refractivity contribution in [1.29, 1.82) is 0 Å². The maximum Gasteiger partial charge on any atom is 0.175 e. The summed E-state index contributed by atoms with van der Waals surface area (Å²) < 4.78 is 27.1. The fourth-order valence-corrected chi connectivity index (χ4v) is 6.30. The summed E-state index contributed by atoms with van der Waals surface area (Å²) in [5.41, 5.74) is 9.00. The number of carbonyl (C=O) groups is 1. The quantitative estimate of drug-likeness (QED) is 0.552. The van der Waals surface area contributed by atoms with Crippen LogP contribution < -0.4 is 20.7 Å². The van der Waals surface area contributed by atoms with E-state index >= 15 is 4.39 Å². The highest BCUT2D eigenvalue weighted by atomic mass is 32.1. The largest absolute Gasteiger partial charge is 0.493 e. The Labute approximate surface area is 201 Å². The van der Waals surface area contributed by atoms with Crippen LogP contribution in [0.2, 0.25) is 0 Å². The molecule has 2 saturated heterocycles. The molecule has 3 aliphatic heterocycles. The Hall–Kier alpha value is -2.75. The molecule has 0 saturated carbocycles. The van der Waals surface area contributed by atoms with Crippen molar-refractivity contribution in [2.24, 2.45) is 5.92 Å². The second-order valence-electron chi connectivity index (χ2n) is 9.51. The fourth-order valence-electron chi connectivity index (χ4n) is 5.21. The predicted octanol–water partition coefficient (Wildman–Crippen LogP) is 3.33. The van der Waals surface area contributed by atoms with Gasteiger partial charge in [-0.05, 0) is 31.5 Å². The first kappa shape index (κ1) is 21.8. The van der Waals surface area contributed by atoms with Gasteiger partial charge in [-0.2, -0.15) is 0 Å². The number of nitrogen functional groups attached to an aromatic ring is 1. The van der Waals surface area contributed by atoms with Crippen molar-refractivity contribution in [3.63, 3.8) is 0 Å². The van der Waals surface area contributed by atoms with Gasteiger partial charge in [0.05, 0.1) is 29.4 Å². The molecule has 0 spiro atoms. The number of ether oxygens (including phenoxy) is 2. The van der Waals surface area contributed by atoms with Crippen molar-refractivity contribution >= 4 is 38.7 Å². The van der Waals surface area contributed by atoms with Gasteiger partial charge < -0.3 is 25.4 Å². The number of hydrogen-bond acceptors (Lipinski definition) is 8. The van der Waals surface area contributed by atoms with Gasteiger partial charge in [0.1, 0.15) is 16.4 Å². The van der Waals surface area contributed by atoms with Gasteiger partial charge in [0.25, 0.3) is 0 Å². The van der Waals surface area contributed by atoms with Crippen LogP contribution in [0.5, 0.6) is 5.75 Å². The van der Waals surface area contributed by atoms with E-state index in [0.29, 0.717) is 34.9 Å². The molecule has 6 rings (SSSR count). The minimum atomic E-state index is -0.277. The lowest BCUT2D eigenvalue weighted by Gasteiger charge is -2.43. The van der Waals surface area contributed by atoms with Gasteiger partial charge >= 0.3 is 0 Å². The molecular weight excluding hydrogens is 455 g/mol. The summed E-state index contributed by atoms with van der Waals surface area (Å²) in [7, 11) is 0. The number of pyridine rings is 1. The van der Waals surface area contributed by atoms with Crippen LogP contribution in [0.25, 0.3) is 10.2 Å². The SMILES string of the molecule is Cc1ccc2c(N)c(C(=O)C[C@H]3COc4cc(N5CC6CNCC(C5)O6)cc(F)c4C3)sc2n1. The number of ketones is 1. The number of hydrogen-bond donors (Lipinski definition) is 2. The minimum Gasteiger partial charge on any atom is -0.493 e. The molecule has 0 amide bonds. The molecule has 9 heteroatoms. The highest BCUT2D eigenvalue weighted by molar-refractivity contribution is 7.21. The highest BCUT2D eigenvalue weighted by Crippen LogP contribution is 2.38. The first-order valence-electron chi connectivity index (χ1n) is 11.7. The van der Waals surface area contributed by atoms with Gasteiger partial charge in [-0.1, -0.05) is 0 Å². The summed E-state index contributed by atoms with van der Waals surface area (Å²) in [5.74, 6) is 0.157. The molecule has 3 aromatic rings. The molecule has 1 aromatic carbocycles. The summed E-state index contributed by atoms with van der Waals surface area (Å²) in [6, 6.07) is 7.33. The van der Waals surface area contributed by atoms with Gasteiger partial charge in [-0.3, -0.25) is 4.79 Å². The number of aryl methyl sites for hydroxylation is 1. The number of aromatic nitrogens is 1. The number of nitrogens with one attached hydrogen (secondary N) is 1. The molecule has 3 aliphatic rings. The normalized spacial score (nSPS) is 24.1. The average Bonchev–Trinajstić information content (AvgIpc) is 3.14. The van der Waals surface area contributed by atoms with E-state index in [1.54, 1.807) is 6.07 Å². The number of nitrogens with two attached hydrogens (primary N) is 1. The van der Waals surface area contributed by atoms with Crippen molar-refractivity contribution < 1.29 is 18.7 Å². The molecule has 0 aliphatic carbocycles. The number of halogens is 1. The number of rotatable bonds is 4. The average molecular weight is 483 g/mol. The fraction of sp³-hybridized carbons (Fsp3) is 0.440. The number of anilines is 2.